The van der Waals surface area contributed by atoms with Crippen molar-refractivity contribution >= 4 is 5.69 Å². The van der Waals surface area contributed by atoms with Crippen molar-refractivity contribution < 1.29 is 17.9 Å². The molecule has 0 spiro atoms. The summed E-state index contributed by atoms with van der Waals surface area (Å²) in [6, 6.07) is 6.31. The number of benzene rings is 1. The number of ether oxygens (including phenoxy) is 1. The van der Waals surface area contributed by atoms with Crippen LogP contribution >= 0.6 is 0 Å². The molecule has 1 aliphatic rings. The molecule has 3 nitrogen and oxygen atoms in total. The molecule has 1 saturated heterocycles. The minimum absolute atomic E-state index is 0.177. The third-order valence-corrected chi connectivity index (χ3v) is 2.81. The zero-order valence-corrected chi connectivity index (χ0v) is 9.76. The van der Waals surface area contributed by atoms with Crippen LogP contribution in [0.2, 0.25) is 0 Å². The smallest absolute Gasteiger partial charge is 0.404 e. The summed E-state index contributed by atoms with van der Waals surface area (Å²) in [4.78, 5) is 0. The standard InChI is InChI=1S/C12H15F3N2O/c13-12(14,15)18-11-4-2-1-3-10(11)17-9-5-7-16-8-6-9/h1-4,9,16-17H,5-8H2. The molecular formula is C12H15F3N2O. The number of piperidine rings is 1. The molecule has 1 aliphatic heterocycles. The quantitative estimate of drug-likeness (QED) is 0.876. The van der Waals surface area contributed by atoms with Gasteiger partial charge in [0.05, 0.1) is 5.69 Å². The normalized spacial score (nSPS) is 17.5. The molecule has 1 heterocycles. The summed E-state index contributed by atoms with van der Waals surface area (Å²) in [5.41, 5.74) is 0.390. The molecule has 0 aromatic heterocycles. The molecule has 0 amide bonds. The van der Waals surface area contributed by atoms with Crippen molar-refractivity contribution in [3.63, 3.8) is 0 Å². The Morgan fingerprint density at radius 1 is 1.17 bits per heavy atom. The molecule has 6 heteroatoms. The Kier molecular flexibility index (Phi) is 3.96. The number of alkyl halides is 3. The van der Waals surface area contributed by atoms with E-state index in [1.54, 1.807) is 12.1 Å². The SMILES string of the molecule is FC(F)(F)Oc1ccccc1NC1CCNCC1. The Bertz CT molecular complexity index is 389. The van der Waals surface area contributed by atoms with Gasteiger partial charge in [0, 0.05) is 6.04 Å². The van der Waals surface area contributed by atoms with Gasteiger partial charge >= 0.3 is 6.36 Å². The maximum Gasteiger partial charge on any atom is 0.573 e. The van der Waals surface area contributed by atoms with E-state index in [9.17, 15) is 13.2 Å². The van der Waals surface area contributed by atoms with Crippen LogP contribution < -0.4 is 15.4 Å². The van der Waals surface area contributed by atoms with E-state index in [1.165, 1.54) is 12.1 Å². The van der Waals surface area contributed by atoms with E-state index in [2.05, 4.69) is 15.4 Å². The van der Waals surface area contributed by atoms with E-state index in [-0.39, 0.29) is 11.8 Å². The van der Waals surface area contributed by atoms with Crippen LogP contribution in [0.1, 0.15) is 12.8 Å². The van der Waals surface area contributed by atoms with Crippen molar-refractivity contribution in [3.8, 4) is 5.75 Å². The maximum absolute atomic E-state index is 12.2. The van der Waals surface area contributed by atoms with Gasteiger partial charge in [0.25, 0.3) is 0 Å². The molecular weight excluding hydrogens is 245 g/mol. The molecule has 0 atom stereocenters. The van der Waals surface area contributed by atoms with Gasteiger partial charge in [-0.2, -0.15) is 0 Å². The molecule has 1 aromatic carbocycles. The predicted octanol–water partition coefficient (Wildman–Crippen LogP) is 2.75. The average Bonchev–Trinajstić information content (AvgIpc) is 2.31. The van der Waals surface area contributed by atoms with E-state index >= 15 is 0 Å². The maximum atomic E-state index is 12.2. The van der Waals surface area contributed by atoms with E-state index in [4.69, 9.17) is 0 Å². The van der Waals surface area contributed by atoms with Crippen LogP contribution in [-0.4, -0.2) is 25.5 Å². The van der Waals surface area contributed by atoms with E-state index in [0.717, 1.165) is 25.9 Å². The molecule has 2 N–H and O–H groups in total. The van der Waals surface area contributed by atoms with Gasteiger partial charge in [-0.1, -0.05) is 12.1 Å². The lowest BCUT2D eigenvalue weighted by atomic mass is 10.1. The van der Waals surface area contributed by atoms with Gasteiger partial charge in [-0.05, 0) is 38.1 Å². The Labute approximate surface area is 103 Å². The summed E-state index contributed by atoms with van der Waals surface area (Å²) in [7, 11) is 0. The first kappa shape index (κ1) is 13.0. The van der Waals surface area contributed by atoms with Gasteiger partial charge in [0.15, 0.2) is 5.75 Å². The second-order valence-corrected chi connectivity index (χ2v) is 4.21. The highest BCUT2D eigenvalue weighted by Crippen LogP contribution is 2.30. The van der Waals surface area contributed by atoms with Crippen LogP contribution in [-0.2, 0) is 0 Å². The molecule has 0 radical (unpaired) electrons. The van der Waals surface area contributed by atoms with Gasteiger partial charge in [-0.25, -0.2) is 0 Å². The number of hydrogen-bond acceptors (Lipinski definition) is 3. The molecule has 100 valence electrons. The zero-order valence-electron chi connectivity index (χ0n) is 9.76. The summed E-state index contributed by atoms with van der Waals surface area (Å²) in [6.07, 6.45) is -2.88. The second kappa shape index (κ2) is 5.48. The van der Waals surface area contributed by atoms with Gasteiger partial charge in [-0.3, -0.25) is 0 Å². The summed E-state index contributed by atoms with van der Waals surface area (Å²) in [5.74, 6) is -0.177. The molecule has 0 unspecified atom stereocenters. The fourth-order valence-electron chi connectivity index (χ4n) is 1.99. The minimum atomic E-state index is -4.66. The van der Waals surface area contributed by atoms with E-state index in [1.807, 2.05) is 0 Å². The topological polar surface area (TPSA) is 33.3 Å². The first-order valence-corrected chi connectivity index (χ1v) is 5.86. The van der Waals surface area contributed by atoms with Crippen molar-refractivity contribution in [2.24, 2.45) is 0 Å². The van der Waals surface area contributed by atoms with Crippen LogP contribution in [0.5, 0.6) is 5.75 Å². The average molecular weight is 260 g/mol. The first-order chi connectivity index (χ1) is 8.54. The van der Waals surface area contributed by atoms with Crippen molar-refractivity contribution in [3.05, 3.63) is 24.3 Å². The fraction of sp³-hybridized carbons (Fsp3) is 0.500. The third-order valence-electron chi connectivity index (χ3n) is 2.81. The lowest BCUT2D eigenvalue weighted by Gasteiger charge is -2.25. The number of hydrogen-bond donors (Lipinski definition) is 2. The minimum Gasteiger partial charge on any atom is -0.404 e. The van der Waals surface area contributed by atoms with E-state index in [0.29, 0.717) is 5.69 Å². The third kappa shape index (κ3) is 3.80. The highest BCUT2D eigenvalue weighted by molar-refractivity contribution is 5.56. The lowest BCUT2D eigenvalue weighted by Crippen LogP contribution is -2.35. The first-order valence-electron chi connectivity index (χ1n) is 5.86. The lowest BCUT2D eigenvalue weighted by molar-refractivity contribution is -0.274. The number of rotatable bonds is 3. The largest absolute Gasteiger partial charge is 0.573 e. The van der Waals surface area contributed by atoms with Crippen LogP contribution in [0.3, 0.4) is 0 Å². The van der Waals surface area contributed by atoms with Crippen LogP contribution in [0.4, 0.5) is 18.9 Å². The number of anilines is 1. The Hall–Kier alpha value is -1.43. The Morgan fingerprint density at radius 3 is 2.50 bits per heavy atom. The Balaban J connectivity index is 2.06. The second-order valence-electron chi connectivity index (χ2n) is 4.21. The predicted molar refractivity (Wildman–Crippen MR) is 62.6 cm³/mol. The summed E-state index contributed by atoms with van der Waals surface area (Å²) < 4.78 is 40.7. The molecule has 1 fully saturated rings. The number of halogens is 3. The van der Waals surface area contributed by atoms with Crippen molar-refractivity contribution in [1.82, 2.24) is 5.32 Å². The highest BCUT2D eigenvalue weighted by atomic mass is 19.4. The molecule has 1 aromatic rings. The highest BCUT2D eigenvalue weighted by Gasteiger charge is 2.32. The molecule has 0 aliphatic carbocycles. The van der Waals surface area contributed by atoms with Crippen LogP contribution in [0.25, 0.3) is 0 Å². The monoisotopic (exact) mass is 260 g/mol. The molecule has 18 heavy (non-hydrogen) atoms. The van der Waals surface area contributed by atoms with Gasteiger partial charge < -0.3 is 15.4 Å². The van der Waals surface area contributed by atoms with Gasteiger partial charge in [-0.15, -0.1) is 13.2 Å². The summed E-state index contributed by atoms with van der Waals surface area (Å²) >= 11 is 0. The molecule has 0 saturated carbocycles. The van der Waals surface area contributed by atoms with E-state index < -0.39 is 6.36 Å². The molecule has 0 bridgehead atoms. The van der Waals surface area contributed by atoms with Crippen LogP contribution in [0, 0.1) is 0 Å². The zero-order chi connectivity index (χ0) is 13.0. The van der Waals surface area contributed by atoms with Crippen molar-refractivity contribution in [2.45, 2.75) is 25.2 Å². The van der Waals surface area contributed by atoms with Crippen molar-refractivity contribution in [2.75, 3.05) is 18.4 Å². The molecule has 2 rings (SSSR count). The summed E-state index contributed by atoms with van der Waals surface area (Å²) in [5, 5.41) is 6.31. The number of para-hydroxylation sites is 2. The number of nitrogens with one attached hydrogen (secondary N) is 2. The fourth-order valence-corrected chi connectivity index (χ4v) is 1.99. The summed E-state index contributed by atoms with van der Waals surface area (Å²) in [6.45, 7) is 1.75. The van der Waals surface area contributed by atoms with Crippen molar-refractivity contribution in [1.29, 1.82) is 0 Å². The van der Waals surface area contributed by atoms with Gasteiger partial charge in [0.1, 0.15) is 0 Å². The van der Waals surface area contributed by atoms with Gasteiger partial charge in [0.2, 0.25) is 0 Å². The Morgan fingerprint density at radius 2 is 1.83 bits per heavy atom. The van der Waals surface area contributed by atoms with Crippen LogP contribution in [0.15, 0.2) is 24.3 Å².